The maximum Gasteiger partial charge on any atom is 0.405 e. The van der Waals surface area contributed by atoms with Crippen LogP contribution in [0.5, 0.6) is 0 Å². The van der Waals surface area contributed by atoms with E-state index in [2.05, 4.69) is 10.2 Å². The molecule has 1 fully saturated rings. The Balaban J connectivity index is 1.76. The molecule has 12 heteroatoms. The number of halogens is 3. The molecular weight excluding hydrogens is 359 g/mol. The van der Waals surface area contributed by atoms with Gasteiger partial charge < -0.3 is 9.73 Å². The molecule has 0 bridgehead atoms. The molecule has 1 aliphatic rings. The van der Waals surface area contributed by atoms with E-state index in [1.807, 2.05) is 0 Å². The number of aromatic nitrogens is 2. The van der Waals surface area contributed by atoms with Gasteiger partial charge in [-0.15, -0.1) is 10.2 Å². The van der Waals surface area contributed by atoms with Crippen LogP contribution in [0.2, 0.25) is 0 Å². The van der Waals surface area contributed by atoms with E-state index >= 15 is 0 Å². The van der Waals surface area contributed by atoms with Crippen molar-refractivity contribution in [2.45, 2.75) is 24.2 Å². The summed E-state index contributed by atoms with van der Waals surface area (Å²) in [5.41, 5.74) is 0. The number of sulfone groups is 1. The summed E-state index contributed by atoms with van der Waals surface area (Å²) in [4.78, 5) is 11.2. The second kappa shape index (κ2) is 7.07. The minimum Gasteiger partial charge on any atom is -0.416 e. The monoisotopic (exact) mass is 373 g/mol. The van der Waals surface area contributed by atoms with E-state index in [4.69, 9.17) is 4.42 Å². The van der Waals surface area contributed by atoms with Gasteiger partial charge in [0.2, 0.25) is 11.8 Å². The lowest BCUT2D eigenvalue weighted by Crippen LogP contribution is -2.34. The summed E-state index contributed by atoms with van der Waals surface area (Å²) in [5.74, 6) is -0.673. The summed E-state index contributed by atoms with van der Waals surface area (Å²) in [5, 5.41) is 9.20. The Labute approximate surface area is 134 Å². The van der Waals surface area contributed by atoms with Gasteiger partial charge in [0.1, 0.15) is 6.54 Å². The minimum absolute atomic E-state index is 0.0583. The maximum atomic E-state index is 11.9. The molecule has 2 rings (SSSR count). The summed E-state index contributed by atoms with van der Waals surface area (Å²) in [7, 11) is -2.99. The van der Waals surface area contributed by atoms with Gasteiger partial charge in [-0.05, 0) is 12.3 Å². The zero-order chi connectivity index (χ0) is 17.1. The number of alkyl halides is 3. The van der Waals surface area contributed by atoms with Crippen LogP contribution < -0.4 is 5.32 Å². The topological polar surface area (TPSA) is 102 Å². The van der Waals surface area contributed by atoms with E-state index in [1.54, 1.807) is 5.32 Å². The molecule has 1 N–H and O–H groups in total. The first-order valence-corrected chi connectivity index (χ1v) is 9.43. The van der Waals surface area contributed by atoms with Gasteiger partial charge in [-0.1, -0.05) is 11.8 Å². The molecule has 0 spiro atoms. The van der Waals surface area contributed by atoms with Crippen LogP contribution in [0.4, 0.5) is 13.2 Å². The summed E-state index contributed by atoms with van der Waals surface area (Å²) in [6.07, 6.45) is -3.60. The van der Waals surface area contributed by atoms with Crippen LogP contribution in [0, 0.1) is 5.92 Å². The predicted octanol–water partition coefficient (Wildman–Crippen LogP) is 0.817. The molecule has 0 aliphatic carbocycles. The minimum atomic E-state index is -4.46. The molecule has 1 saturated heterocycles. The Morgan fingerprint density at radius 1 is 1.39 bits per heavy atom. The molecule has 1 aromatic rings. The number of hydrogen-bond acceptors (Lipinski definition) is 7. The standard InChI is InChI=1S/C11H14F3N3O4S2/c12-11(13,14)6-15-8(18)4-22-10-17-16-9(21-10)3-7-1-2-23(19,20)5-7/h7H,1-6H2,(H,15,18)/t7-/m0/s1. The molecule has 0 saturated carbocycles. The average molecular weight is 373 g/mol. The van der Waals surface area contributed by atoms with Crippen LogP contribution in [0.15, 0.2) is 9.64 Å². The molecule has 1 amide bonds. The summed E-state index contributed by atoms with van der Waals surface area (Å²) in [6.45, 7) is -1.39. The third kappa shape index (κ3) is 6.37. The first kappa shape index (κ1) is 18.0. The maximum absolute atomic E-state index is 11.9. The van der Waals surface area contributed by atoms with Crippen molar-refractivity contribution in [3.63, 3.8) is 0 Å². The zero-order valence-corrected chi connectivity index (χ0v) is 13.4. The zero-order valence-electron chi connectivity index (χ0n) is 11.8. The van der Waals surface area contributed by atoms with Crippen molar-refractivity contribution in [2.24, 2.45) is 5.92 Å². The van der Waals surface area contributed by atoms with Gasteiger partial charge in [-0.25, -0.2) is 8.42 Å². The number of carbonyl (C=O) groups excluding carboxylic acids is 1. The fourth-order valence-electron chi connectivity index (χ4n) is 2.04. The molecular formula is C11H14F3N3O4S2. The second-order valence-corrected chi connectivity index (χ2v) is 8.27. The Bertz CT molecular complexity index is 660. The van der Waals surface area contributed by atoms with Gasteiger partial charge >= 0.3 is 6.18 Å². The Hall–Kier alpha value is -1.30. The quantitative estimate of drug-likeness (QED) is 0.737. The van der Waals surface area contributed by atoms with E-state index in [-0.39, 0.29) is 34.3 Å². The number of thioether (sulfide) groups is 1. The van der Waals surface area contributed by atoms with Crippen molar-refractivity contribution >= 4 is 27.5 Å². The summed E-state index contributed by atoms with van der Waals surface area (Å²) < 4.78 is 63.7. The molecule has 1 aliphatic heterocycles. The number of amides is 1. The number of hydrogen-bond donors (Lipinski definition) is 1. The molecule has 0 aromatic carbocycles. The third-order valence-corrected chi connectivity index (χ3v) is 5.71. The van der Waals surface area contributed by atoms with Crippen molar-refractivity contribution in [3.05, 3.63) is 5.89 Å². The molecule has 1 atom stereocenters. The fraction of sp³-hybridized carbons (Fsp3) is 0.727. The van der Waals surface area contributed by atoms with Gasteiger partial charge in [-0.3, -0.25) is 4.79 Å². The van der Waals surface area contributed by atoms with Gasteiger partial charge in [0.25, 0.3) is 5.22 Å². The molecule has 7 nitrogen and oxygen atoms in total. The molecule has 2 heterocycles. The number of nitrogens with one attached hydrogen (secondary N) is 1. The summed E-state index contributed by atoms with van der Waals surface area (Å²) in [6, 6.07) is 0. The molecule has 23 heavy (non-hydrogen) atoms. The van der Waals surface area contributed by atoms with Crippen molar-refractivity contribution in [1.29, 1.82) is 0 Å². The predicted molar refractivity (Wildman–Crippen MR) is 74.6 cm³/mol. The van der Waals surface area contributed by atoms with Crippen LogP contribution in [-0.2, 0) is 21.1 Å². The van der Waals surface area contributed by atoms with Gasteiger partial charge in [0.15, 0.2) is 9.84 Å². The number of nitrogens with zero attached hydrogens (tertiary/aromatic N) is 2. The number of carbonyl (C=O) groups is 1. The lowest BCUT2D eigenvalue weighted by Gasteiger charge is -2.07. The SMILES string of the molecule is O=C(CSc1nnc(C[C@@H]2CCS(=O)(=O)C2)o1)NCC(F)(F)F. The van der Waals surface area contributed by atoms with Crippen LogP contribution in [0.1, 0.15) is 12.3 Å². The van der Waals surface area contributed by atoms with Crippen molar-refractivity contribution in [3.8, 4) is 0 Å². The van der Waals surface area contributed by atoms with Crippen LogP contribution in [-0.4, -0.2) is 54.5 Å². The van der Waals surface area contributed by atoms with Crippen LogP contribution in [0.3, 0.4) is 0 Å². The Kier molecular flexibility index (Phi) is 5.55. The van der Waals surface area contributed by atoms with Crippen molar-refractivity contribution < 1.29 is 30.8 Å². The highest BCUT2D eigenvalue weighted by Gasteiger charge is 2.29. The van der Waals surface area contributed by atoms with Gasteiger partial charge in [0.05, 0.1) is 17.3 Å². The first-order chi connectivity index (χ1) is 10.6. The van der Waals surface area contributed by atoms with E-state index in [9.17, 15) is 26.4 Å². The average Bonchev–Trinajstić information content (AvgIpc) is 3.00. The fourth-order valence-corrected chi connectivity index (χ4v) is 4.51. The van der Waals surface area contributed by atoms with E-state index in [0.717, 1.165) is 11.8 Å². The van der Waals surface area contributed by atoms with Gasteiger partial charge in [0, 0.05) is 6.42 Å². The van der Waals surface area contributed by atoms with Crippen molar-refractivity contribution in [2.75, 3.05) is 23.8 Å². The molecule has 130 valence electrons. The lowest BCUT2D eigenvalue weighted by atomic mass is 10.1. The van der Waals surface area contributed by atoms with E-state index in [0.29, 0.717) is 12.8 Å². The van der Waals surface area contributed by atoms with Crippen LogP contribution in [0.25, 0.3) is 0 Å². The Morgan fingerprint density at radius 2 is 2.13 bits per heavy atom. The van der Waals surface area contributed by atoms with E-state index in [1.165, 1.54) is 0 Å². The smallest absolute Gasteiger partial charge is 0.405 e. The highest BCUT2D eigenvalue weighted by Crippen LogP contribution is 2.24. The number of rotatable bonds is 6. The molecule has 0 unspecified atom stereocenters. The first-order valence-electron chi connectivity index (χ1n) is 6.62. The van der Waals surface area contributed by atoms with Gasteiger partial charge in [-0.2, -0.15) is 13.2 Å². The highest BCUT2D eigenvalue weighted by atomic mass is 32.2. The molecule has 0 radical (unpaired) electrons. The summed E-state index contributed by atoms with van der Waals surface area (Å²) >= 11 is 0.820. The van der Waals surface area contributed by atoms with Crippen molar-refractivity contribution in [1.82, 2.24) is 15.5 Å². The normalized spacial score (nSPS) is 20.6. The Morgan fingerprint density at radius 3 is 2.74 bits per heavy atom. The van der Waals surface area contributed by atoms with E-state index < -0.39 is 28.5 Å². The third-order valence-electron chi connectivity index (χ3n) is 3.05. The highest BCUT2D eigenvalue weighted by molar-refractivity contribution is 7.99. The molecule has 1 aromatic heterocycles. The second-order valence-electron chi connectivity index (χ2n) is 5.12. The largest absolute Gasteiger partial charge is 0.416 e. The van der Waals surface area contributed by atoms with Crippen LogP contribution >= 0.6 is 11.8 Å². The lowest BCUT2D eigenvalue weighted by molar-refractivity contribution is -0.136.